The Morgan fingerprint density at radius 2 is 0.768 bits per heavy atom. The van der Waals surface area contributed by atoms with Gasteiger partial charge in [-0.2, -0.15) is 14.6 Å². The second kappa shape index (κ2) is 18.8. The van der Waals surface area contributed by atoms with Crippen LogP contribution in [0.3, 0.4) is 0 Å². The Hall–Kier alpha value is -8.83. The van der Waals surface area contributed by atoms with E-state index in [4.69, 9.17) is 15.0 Å². The fourth-order valence-electron chi connectivity index (χ4n) is 8.63. The van der Waals surface area contributed by atoms with Crippen LogP contribution >= 0.6 is 0 Å². The minimum atomic E-state index is -1.55. The second-order valence-corrected chi connectivity index (χ2v) is 16.8. The van der Waals surface area contributed by atoms with Crippen molar-refractivity contribution in [3.8, 4) is 56.0 Å². The summed E-state index contributed by atoms with van der Waals surface area (Å²) in [5.41, 5.74) is 8.33. The fourth-order valence-corrected chi connectivity index (χ4v) is 8.63. The summed E-state index contributed by atoms with van der Waals surface area (Å²) in [5, 5.41) is 18.5. The van der Waals surface area contributed by atoms with E-state index in [1.807, 2.05) is 184 Å². The number of para-hydroxylation sites is 2. The van der Waals surface area contributed by atoms with Gasteiger partial charge in [-0.25, -0.2) is 8.78 Å². The number of nitrogens with zero attached hydrogens (tertiary/aromatic N) is 7. The number of benzene rings is 9. The molecule has 0 amide bonds. The van der Waals surface area contributed by atoms with Gasteiger partial charge in [-0.1, -0.05) is 133 Å². The summed E-state index contributed by atoms with van der Waals surface area (Å²) in [4.78, 5) is 5.56. The molecule has 1 aliphatic rings. The van der Waals surface area contributed by atoms with Crippen molar-refractivity contribution < 1.29 is 17.9 Å². The summed E-state index contributed by atoms with van der Waals surface area (Å²) in [7, 11) is 7.74. The summed E-state index contributed by atoms with van der Waals surface area (Å²) in [5.74, 6) is -4.64. The van der Waals surface area contributed by atoms with Crippen molar-refractivity contribution in [1.82, 2.24) is 0 Å². The smallest absolute Gasteiger partial charge is 0.206 e. The van der Waals surface area contributed by atoms with Gasteiger partial charge in [0.15, 0.2) is 28.8 Å². The topological polar surface area (TPSA) is 68.4 Å². The summed E-state index contributed by atoms with van der Waals surface area (Å²) in [6.07, 6.45) is 0. The van der Waals surface area contributed by atoms with Gasteiger partial charge in [0, 0.05) is 61.8 Å². The van der Waals surface area contributed by atoms with Gasteiger partial charge in [-0.15, -0.1) is 10.2 Å². The van der Waals surface area contributed by atoms with Crippen LogP contribution in [0.1, 0.15) is 0 Å². The fraction of sp³-hybridized carbons (Fsp3) is 0.0690. The Labute approximate surface area is 398 Å². The van der Waals surface area contributed by atoms with Gasteiger partial charge >= 0.3 is 0 Å². The molecule has 1 heterocycles. The monoisotopic (exact) mass is 911 g/mol. The SMILES string of the molecule is CN(C)c1ccc(N=Nc2c(F)c(F)c3c(c2F)N(c2c(-c4ccccc4)c(-c4ccccc4)c(N=Nc4ccc(N(C)C)cc4)c(-c4ccccc4)c2-c2ccccc2)c2ccccc2O3)cc1. The molecule has 0 saturated heterocycles. The third kappa shape index (κ3) is 8.35. The van der Waals surface area contributed by atoms with Crippen molar-refractivity contribution in [1.29, 1.82) is 0 Å². The van der Waals surface area contributed by atoms with E-state index in [9.17, 15) is 0 Å². The molecule has 9 aromatic rings. The van der Waals surface area contributed by atoms with E-state index in [0.717, 1.165) is 33.6 Å². The molecule has 11 heteroatoms. The van der Waals surface area contributed by atoms with Crippen LogP contribution in [0.2, 0.25) is 0 Å². The summed E-state index contributed by atoms with van der Waals surface area (Å²) in [6.45, 7) is 0. The highest BCUT2D eigenvalue weighted by molar-refractivity contribution is 6.15. The van der Waals surface area contributed by atoms with Gasteiger partial charge in [-0.3, -0.25) is 4.90 Å². The van der Waals surface area contributed by atoms with Crippen LogP contribution < -0.4 is 19.4 Å². The average Bonchev–Trinajstić information content (AvgIpc) is 3.39. The first-order valence-electron chi connectivity index (χ1n) is 22.3. The molecule has 9 aromatic carbocycles. The third-order valence-electron chi connectivity index (χ3n) is 12.0. The minimum absolute atomic E-state index is 0.170. The Kier molecular flexibility index (Phi) is 12.0. The molecule has 0 unspecified atom stereocenters. The predicted octanol–water partition coefficient (Wildman–Crippen LogP) is 17.3. The van der Waals surface area contributed by atoms with Gasteiger partial charge in [0.25, 0.3) is 0 Å². The maximum atomic E-state index is 18.2. The Morgan fingerprint density at radius 1 is 0.377 bits per heavy atom. The molecule has 0 spiro atoms. The van der Waals surface area contributed by atoms with Gasteiger partial charge in [0.2, 0.25) is 5.82 Å². The number of halogens is 3. The van der Waals surface area contributed by atoms with Gasteiger partial charge in [0.05, 0.1) is 22.7 Å². The number of hydrogen-bond donors (Lipinski definition) is 0. The number of hydrogen-bond acceptors (Lipinski definition) is 8. The highest BCUT2D eigenvalue weighted by Gasteiger charge is 2.40. The number of fused-ring (bicyclic) bond motifs is 2. The molecule has 0 fully saturated rings. The maximum Gasteiger partial charge on any atom is 0.206 e. The van der Waals surface area contributed by atoms with E-state index in [-0.39, 0.29) is 5.75 Å². The number of anilines is 5. The quantitative estimate of drug-likeness (QED) is 0.0958. The molecule has 0 bridgehead atoms. The lowest BCUT2D eigenvalue weighted by Gasteiger charge is -2.38. The standard InChI is InChI=1S/C58H44F3N7O/c1-66(2)43-33-29-41(30-34-43)62-64-54-47(37-19-9-5-10-20-37)49(39-23-13-7-14-24-39)56(50(40-25-15-8-16-26-40)48(54)38-21-11-6-12-22-38)68-45-27-17-18-28-46(45)69-58-52(60)51(59)55(53(61)57(58)68)65-63-42-31-35-44(36-32-42)67(3)4/h5-36H,1-4H3. The predicted molar refractivity (Wildman–Crippen MR) is 273 cm³/mol. The van der Waals surface area contributed by atoms with Crippen LogP contribution in [0, 0.1) is 17.5 Å². The summed E-state index contributed by atoms with van der Waals surface area (Å²) >= 11 is 0. The number of rotatable bonds is 11. The number of azo groups is 2. The van der Waals surface area contributed by atoms with E-state index in [0.29, 0.717) is 50.7 Å². The van der Waals surface area contributed by atoms with Crippen molar-refractivity contribution in [3.63, 3.8) is 0 Å². The Balaban J connectivity index is 1.38. The zero-order valence-electron chi connectivity index (χ0n) is 38.1. The molecule has 8 nitrogen and oxygen atoms in total. The number of ether oxygens (including phenoxy) is 1. The largest absolute Gasteiger partial charge is 0.450 e. The first-order chi connectivity index (χ1) is 33.7. The van der Waals surface area contributed by atoms with Crippen molar-refractivity contribution in [2.75, 3.05) is 42.9 Å². The lowest BCUT2D eigenvalue weighted by Crippen LogP contribution is -2.21. The van der Waals surface area contributed by atoms with Crippen LogP contribution in [0.15, 0.2) is 215 Å². The van der Waals surface area contributed by atoms with Crippen LogP contribution in [-0.2, 0) is 0 Å². The van der Waals surface area contributed by atoms with Gasteiger partial charge in [0.1, 0.15) is 11.4 Å². The first kappa shape index (κ1) is 44.0. The van der Waals surface area contributed by atoms with Crippen molar-refractivity contribution in [2.45, 2.75) is 0 Å². The van der Waals surface area contributed by atoms with Crippen LogP contribution in [0.4, 0.5) is 64.4 Å². The molecule has 69 heavy (non-hydrogen) atoms. The lowest BCUT2D eigenvalue weighted by molar-refractivity contribution is 0.405. The van der Waals surface area contributed by atoms with Crippen LogP contribution in [0.5, 0.6) is 11.5 Å². The van der Waals surface area contributed by atoms with Crippen LogP contribution in [-0.4, -0.2) is 28.2 Å². The van der Waals surface area contributed by atoms with Crippen molar-refractivity contribution in [3.05, 3.63) is 212 Å². The molecule has 1 aliphatic heterocycles. The summed E-state index contributed by atoms with van der Waals surface area (Å²) in [6, 6.07) is 60.7. The average molecular weight is 912 g/mol. The molecule has 10 rings (SSSR count). The third-order valence-corrected chi connectivity index (χ3v) is 12.0. The minimum Gasteiger partial charge on any atom is -0.450 e. The van der Waals surface area contributed by atoms with Crippen molar-refractivity contribution in [2.24, 2.45) is 20.5 Å². The lowest BCUT2D eigenvalue weighted by atomic mass is 9.81. The van der Waals surface area contributed by atoms with Crippen LogP contribution in [0.25, 0.3) is 44.5 Å². The van der Waals surface area contributed by atoms with Gasteiger partial charge < -0.3 is 14.5 Å². The highest BCUT2D eigenvalue weighted by atomic mass is 19.2. The molecular weight excluding hydrogens is 868 g/mol. The molecule has 0 aliphatic carbocycles. The van der Waals surface area contributed by atoms with E-state index in [1.54, 1.807) is 53.4 Å². The zero-order chi connectivity index (χ0) is 47.6. The van der Waals surface area contributed by atoms with E-state index >= 15 is 13.2 Å². The molecule has 338 valence electrons. The Bertz CT molecular complexity index is 3260. The highest BCUT2D eigenvalue weighted by Crippen LogP contribution is 2.63. The zero-order valence-corrected chi connectivity index (χ0v) is 38.1. The Morgan fingerprint density at radius 3 is 1.20 bits per heavy atom. The second-order valence-electron chi connectivity index (χ2n) is 16.8. The molecule has 0 radical (unpaired) electrons. The first-order valence-corrected chi connectivity index (χ1v) is 22.3. The molecule has 0 aromatic heterocycles. The normalized spacial score (nSPS) is 12.0. The summed E-state index contributed by atoms with van der Waals surface area (Å²) < 4.78 is 58.0. The van der Waals surface area contributed by atoms with E-state index in [2.05, 4.69) is 10.2 Å². The molecule has 0 saturated carbocycles. The van der Waals surface area contributed by atoms with E-state index in [1.165, 1.54) is 0 Å². The molecular formula is C58H44F3N7O. The van der Waals surface area contributed by atoms with E-state index < -0.39 is 34.6 Å². The van der Waals surface area contributed by atoms with Gasteiger partial charge in [-0.05, 0) is 82.9 Å². The molecule has 0 atom stereocenters. The van der Waals surface area contributed by atoms with Crippen molar-refractivity contribution >= 4 is 51.2 Å². The molecule has 0 N–H and O–H groups in total. The maximum absolute atomic E-state index is 18.2.